The van der Waals surface area contributed by atoms with Gasteiger partial charge in [-0.2, -0.15) is 0 Å². The Labute approximate surface area is 131 Å². The normalized spacial score (nSPS) is 23.6. The van der Waals surface area contributed by atoms with Crippen LogP contribution in [0.1, 0.15) is 19.3 Å². The number of nitrogens with two attached hydrogens (primary N) is 1. The van der Waals surface area contributed by atoms with Gasteiger partial charge in [0.25, 0.3) is 0 Å². The fourth-order valence-corrected chi connectivity index (χ4v) is 2.84. The number of ether oxygens (including phenoxy) is 1. The molecule has 0 bridgehead atoms. The molecule has 3 rings (SSSR count). The summed E-state index contributed by atoms with van der Waals surface area (Å²) in [7, 11) is 0. The highest BCUT2D eigenvalue weighted by Crippen LogP contribution is 2.13. The largest absolute Gasteiger partial charge is 0.376 e. The lowest BCUT2D eigenvalue weighted by molar-refractivity contribution is 0.0223. The second kappa shape index (κ2) is 7.40. The molecule has 1 unspecified atom stereocenters. The first-order valence-electron chi connectivity index (χ1n) is 8.01. The van der Waals surface area contributed by atoms with Crippen LogP contribution in [0.15, 0.2) is 23.5 Å². The first-order chi connectivity index (χ1) is 10.8. The summed E-state index contributed by atoms with van der Waals surface area (Å²) in [6, 6.07) is 1.83. The quantitative estimate of drug-likeness (QED) is 0.646. The van der Waals surface area contributed by atoms with Crippen molar-refractivity contribution in [1.82, 2.24) is 14.9 Å². The summed E-state index contributed by atoms with van der Waals surface area (Å²) in [5, 5.41) is 0. The van der Waals surface area contributed by atoms with E-state index in [1.54, 1.807) is 12.4 Å². The molecule has 2 aliphatic heterocycles. The van der Waals surface area contributed by atoms with E-state index in [0.717, 1.165) is 45.2 Å². The molecule has 0 spiro atoms. The lowest BCUT2D eigenvalue weighted by Gasteiger charge is -2.35. The minimum Gasteiger partial charge on any atom is -0.376 e. The molecule has 0 aliphatic carbocycles. The predicted octanol–water partition coefficient (Wildman–Crippen LogP) is 0.482. The average Bonchev–Trinajstić information content (AvgIpc) is 2.61. The van der Waals surface area contributed by atoms with Crippen molar-refractivity contribution in [3.8, 4) is 0 Å². The molecule has 2 aliphatic rings. The molecule has 0 amide bonds. The van der Waals surface area contributed by atoms with Gasteiger partial charge in [-0.1, -0.05) is 0 Å². The molecule has 3 heterocycles. The van der Waals surface area contributed by atoms with Crippen LogP contribution < -0.4 is 10.6 Å². The SMILES string of the molecule is NC(=NCC1CCCCO1)N1CCN(c2ncccn2)CC1. The van der Waals surface area contributed by atoms with Crippen LogP contribution in [0.25, 0.3) is 0 Å². The van der Waals surface area contributed by atoms with Crippen molar-refractivity contribution in [1.29, 1.82) is 0 Å². The Morgan fingerprint density at radius 1 is 1.23 bits per heavy atom. The molecular weight excluding hydrogens is 280 g/mol. The molecule has 2 fully saturated rings. The van der Waals surface area contributed by atoms with E-state index >= 15 is 0 Å². The monoisotopic (exact) mass is 304 g/mol. The summed E-state index contributed by atoms with van der Waals surface area (Å²) in [5.74, 6) is 1.41. The van der Waals surface area contributed by atoms with Crippen LogP contribution in [0.2, 0.25) is 0 Å². The zero-order valence-corrected chi connectivity index (χ0v) is 12.9. The Hall–Kier alpha value is -1.89. The summed E-state index contributed by atoms with van der Waals surface area (Å²) in [4.78, 5) is 17.4. The van der Waals surface area contributed by atoms with Gasteiger partial charge in [-0.25, -0.2) is 9.97 Å². The maximum absolute atomic E-state index is 6.12. The zero-order chi connectivity index (χ0) is 15.2. The summed E-state index contributed by atoms with van der Waals surface area (Å²) < 4.78 is 5.68. The van der Waals surface area contributed by atoms with E-state index in [9.17, 15) is 0 Å². The molecule has 2 saturated heterocycles. The van der Waals surface area contributed by atoms with Gasteiger partial charge in [0.1, 0.15) is 0 Å². The van der Waals surface area contributed by atoms with Crippen molar-refractivity contribution >= 4 is 11.9 Å². The minimum absolute atomic E-state index is 0.242. The van der Waals surface area contributed by atoms with Gasteiger partial charge in [0.05, 0.1) is 12.6 Å². The highest BCUT2D eigenvalue weighted by molar-refractivity contribution is 5.78. The summed E-state index contributed by atoms with van der Waals surface area (Å²) in [6.07, 6.45) is 7.28. The Bertz CT molecular complexity index is 480. The topological polar surface area (TPSA) is 79.9 Å². The number of guanidine groups is 1. The zero-order valence-electron chi connectivity index (χ0n) is 12.9. The molecule has 1 aromatic rings. The number of aliphatic imine (C=N–C) groups is 1. The standard InChI is InChI=1S/C15H24N6O/c16-14(19-12-13-4-1-2-11-22-13)20-7-9-21(10-8-20)15-17-5-3-6-18-15/h3,5-6,13H,1-2,4,7-12H2,(H2,16,19). The smallest absolute Gasteiger partial charge is 0.225 e. The third-order valence-electron chi connectivity index (χ3n) is 4.17. The molecule has 2 N–H and O–H groups in total. The van der Waals surface area contributed by atoms with E-state index in [-0.39, 0.29) is 6.10 Å². The summed E-state index contributed by atoms with van der Waals surface area (Å²) >= 11 is 0. The molecule has 1 aromatic heterocycles. The van der Waals surface area contributed by atoms with Gasteiger partial charge >= 0.3 is 0 Å². The molecule has 0 saturated carbocycles. The number of aromatic nitrogens is 2. The Kier molecular flexibility index (Phi) is 5.05. The van der Waals surface area contributed by atoms with Crippen LogP contribution in [0.5, 0.6) is 0 Å². The molecule has 7 heteroatoms. The summed E-state index contributed by atoms with van der Waals surface area (Å²) in [6.45, 7) is 4.95. The van der Waals surface area contributed by atoms with Gasteiger partial charge in [-0.15, -0.1) is 0 Å². The van der Waals surface area contributed by atoms with Gasteiger partial charge in [-0.05, 0) is 25.3 Å². The lowest BCUT2D eigenvalue weighted by Crippen LogP contribution is -2.51. The van der Waals surface area contributed by atoms with E-state index in [1.165, 1.54) is 12.8 Å². The molecule has 120 valence electrons. The Morgan fingerprint density at radius 2 is 2.00 bits per heavy atom. The van der Waals surface area contributed by atoms with Crippen LogP contribution in [-0.2, 0) is 4.74 Å². The van der Waals surface area contributed by atoms with E-state index in [1.807, 2.05) is 6.07 Å². The van der Waals surface area contributed by atoms with Crippen molar-refractivity contribution in [2.24, 2.45) is 10.7 Å². The van der Waals surface area contributed by atoms with Crippen molar-refractivity contribution in [2.45, 2.75) is 25.4 Å². The first kappa shape index (κ1) is 15.0. The molecule has 0 radical (unpaired) electrons. The maximum Gasteiger partial charge on any atom is 0.225 e. The van der Waals surface area contributed by atoms with Gasteiger partial charge in [0.2, 0.25) is 5.95 Å². The van der Waals surface area contributed by atoms with E-state index < -0.39 is 0 Å². The van der Waals surface area contributed by atoms with Gasteiger partial charge in [0.15, 0.2) is 5.96 Å². The average molecular weight is 304 g/mol. The molecular formula is C15H24N6O. The number of anilines is 1. The van der Waals surface area contributed by atoms with Crippen molar-refractivity contribution in [2.75, 3.05) is 44.2 Å². The van der Waals surface area contributed by atoms with Gasteiger partial charge < -0.3 is 20.3 Å². The maximum atomic E-state index is 6.12. The number of piperazine rings is 1. The first-order valence-corrected chi connectivity index (χ1v) is 8.01. The summed E-state index contributed by atoms with van der Waals surface area (Å²) in [5.41, 5.74) is 6.12. The lowest BCUT2D eigenvalue weighted by atomic mass is 10.1. The number of rotatable bonds is 3. The predicted molar refractivity (Wildman–Crippen MR) is 85.9 cm³/mol. The fraction of sp³-hybridized carbons (Fsp3) is 0.667. The van der Waals surface area contributed by atoms with Crippen LogP contribution in [0.4, 0.5) is 5.95 Å². The van der Waals surface area contributed by atoms with E-state index in [0.29, 0.717) is 12.5 Å². The van der Waals surface area contributed by atoms with Crippen LogP contribution in [-0.4, -0.2) is 66.3 Å². The fourth-order valence-electron chi connectivity index (χ4n) is 2.84. The Balaban J connectivity index is 1.48. The number of hydrogen-bond acceptors (Lipinski definition) is 5. The van der Waals surface area contributed by atoms with E-state index in [2.05, 4.69) is 24.8 Å². The highest BCUT2D eigenvalue weighted by Gasteiger charge is 2.20. The highest BCUT2D eigenvalue weighted by atomic mass is 16.5. The number of hydrogen-bond donors (Lipinski definition) is 1. The molecule has 7 nitrogen and oxygen atoms in total. The van der Waals surface area contributed by atoms with Crippen molar-refractivity contribution in [3.63, 3.8) is 0 Å². The second-order valence-corrected chi connectivity index (χ2v) is 5.71. The van der Waals surface area contributed by atoms with E-state index in [4.69, 9.17) is 10.5 Å². The van der Waals surface area contributed by atoms with Crippen LogP contribution in [0, 0.1) is 0 Å². The second-order valence-electron chi connectivity index (χ2n) is 5.71. The molecule has 1 atom stereocenters. The van der Waals surface area contributed by atoms with Gasteiger partial charge in [-0.3, -0.25) is 4.99 Å². The third-order valence-corrected chi connectivity index (χ3v) is 4.17. The van der Waals surface area contributed by atoms with Crippen molar-refractivity contribution in [3.05, 3.63) is 18.5 Å². The van der Waals surface area contributed by atoms with Gasteiger partial charge in [0, 0.05) is 45.2 Å². The van der Waals surface area contributed by atoms with Crippen LogP contribution >= 0.6 is 0 Å². The third kappa shape index (κ3) is 3.85. The molecule has 0 aromatic carbocycles. The Morgan fingerprint density at radius 3 is 2.68 bits per heavy atom. The number of nitrogens with zero attached hydrogens (tertiary/aromatic N) is 5. The van der Waals surface area contributed by atoms with Crippen molar-refractivity contribution < 1.29 is 4.74 Å². The minimum atomic E-state index is 0.242. The van der Waals surface area contributed by atoms with Crippen LogP contribution in [0.3, 0.4) is 0 Å². The molecule has 22 heavy (non-hydrogen) atoms.